The quantitative estimate of drug-likeness (QED) is 0.834. The summed E-state index contributed by atoms with van der Waals surface area (Å²) in [5, 5.41) is 2.82. The summed E-state index contributed by atoms with van der Waals surface area (Å²) < 4.78 is 9.97. The van der Waals surface area contributed by atoms with Gasteiger partial charge >= 0.3 is 5.97 Å². The monoisotopic (exact) mass is 346 g/mol. The van der Waals surface area contributed by atoms with E-state index in [0.29, 0.717) is 31.0 Å². The summed E-state index contributed by atoms with van der Waals surface area (Å²) in [6.07, 6.45) is 1.90. The molecule has 25 heavy (non-hydrogen) atoms. The lowest BCUT2D eigenvalue weighted by Crippen LogP contribution is -2.41. The van der Waals surface area contributed by atoms with Crippen molar-refractivity contribution in [2.45, 2.75) is 25.3 Å². The molecule has 2 aliphatic rings. The molecule has 134 valence electrons. The molecular formula is C18H22N2O5. The van der Waals surface area contributed by atoms with Crippen LogP contribution in [0.25, 0.3) is 0 Å². The molecule has 0 aliphatic carbocycles. The Balaban J connectivity index is 1.58. The Hall–Kier alpha value is -2.41. The van der Waals surface area contributed by atoms with Gasteiger partial charge in [0.1, 0.15) is 0 Å². The van der Waals surface area contributed by atoms with E-state index in [1.165, 1.54) is 7.11 Å². The number of benzene rings is 1. The van der Waals surface area contributed by atoms with Crippen molar-refractivity contribution >= 4 is 23.5 Å². The van der Waals surface area contributed by atoms with Crippen molar-refractivity contribution in [3.63, 3.8) is 0 Å². The Kier molecular flexibility index (Phi) is 5.33. The first kappa shape index (κ1) is 17.4. The standard InChI is InChI=1S/C18H22N2O5/c1-24-18(23)12-2-4-14(5-3-12)19-17(22)13-10-16(21)20(11-13)15-6-8-25-9-7-15/h2-5,13,15H,6-11H2,1H3,(H,19,22). The third-order valence-corrected chi connectivity index (χ3v) is 4.73. The molecule has 2 saturated heterocycles. The molecule has 1 aromatic carbocycles. The maximum atomic E-state index is 12.5. The number of esters is 1. The molecule has 0 aromatic heterocycles. The van der Waals surface area contributed by atoms with Crippen LogP contribution < -0.4 is 5.32 Å². The Labute approximate surface area is 146 Å². The van der Waals surface area contributed by atoms with Gasteiger partial charge in [-0.2, -0.15) is 0 Å². The van der Waals surface area contributed by atoms with Gasteiger partial charge in [0.05, 0.1) is 18.6 Å². The van der Waals surface area contributed by atoms with Crippen molar-refractivity contribution in [2.75, 3.05) is 32.2 Å². The van der Waals surface area contributed by atoms with E-state index in [1.807, 2.05) is 4.90 Å². The van der Waals surface area contributed by atoms with Crippen molar-refractivity contribution in [3.8, 4) is 0 Å². The normalized spacial score (nSPS) is 21.2. The maximum absolute atomic E-state index is 12.5. The minimum atomic E-state index is -0.425. The third kappa shape index (κ3) is 3.99. The molecule has 0 bridgehead atoms. The summed E-state index contributed by atoms with van der Waals surface area (Å²) in [5.74, 6) is -0.913. The molecule has 1 N–H and O–H groups in total. The van der Waals surface area contributed by atoms with Crippen molar-refractivity contribution in [2.24, 2.45) is 5.92 Å². The first-order valence-corrected chi connectivity index (χ1v) is 8.45. The van der Waals surface area contributed by atoms with Gasteiger partial charge < -0.3 is 19.7 Å². The van der Waals surface area contributed by atoms with Crippen LogP contribution in [0.15, 0.2) is 24.3 Å². The number of carbonyl (C=O) groups is 3. The molecule has 0 radical (unpaired) electrons. The van der Waals surface area contributed by atoms with E-state index in [4.69, 9.17) is 4.74 Å². The van der Waals surface area contributed by atoms with Crippen LogP contribution in [-0.4, -0.2) is 55.6 Å². The molecule has 1 atom stereocenters. The fourth-order valence-corrected chi connectivity index (χ4v) is 3.31. The predicted molar refractivity (Wildman–Crippen MR) is 90.1 cm³/mol. The van der Waals surface area contributed by atoms with E-state index in [2.05, 4.69) is 10.1 Å². The lowest BCUT2D eigenvalue weighted by Gasteiger charge is -2.31. The number of nitrogens with one attached hydrogen (secondary N) is 1. The van der Waals surface area contributed by atoms with Crippen molar-refractivity contribution in [3.05, 3.63) is 29.8 Å². The van der Waals surface area contributed by atoms with Gasteiger partial charge in [0.15, 0.2) is 0 Å². The second-order valence-electron chi connectivity index (χ2n) is 6.35. The average molecular weight is 346 g/mol. The van der Waals surface area contributed by atoms with Crippen LogP contribution >= 0.6 is 0 Å². The third-order valence-electron chi connectivity index (χ3n) is 4.73. The molecule has 7 nitrogen and oxygen atoms in total. The SMILES string of the molecule is COC(=O)c1ccc(NC(=O)C2CC(=O)N(C3CCOCC3)C2)cc1. The van der Waals surface area contributed by atoms with Gasteiger partial charge in [-0.3, -0.25) is 9.59 Å². The molecule has 2 amide bonds. The number of anilines is 1. The molecule has 0 spiro atoms. The first-order chi connectivity index (χ1) is 12.1. The molecule has 2 aliphatic heterocycles. The second kappa shape index (κ2) is 7.65. The fraction of sp³-hybridized carbons (Fsp3) is 0.500. The fourth-order valence-electron chi connectivity index (χ4n) is 3.31. The largest absolute Gasteiger partial charge is 0.465 e. The minimum absolute atomic E-state index is 0.0353. The average Bonchev–Trinajstić information content (AvgIpc) is 3.04. The van der Waals surface area contributed by atoms with E-state index >= 15 is 0 Å². The summed E-state index contributed by atoms with van der Waals surface area (Å²) in [6, 6.07) is 6.66. The lowest BCUT2D eigenvalue weighted by atomic mass is 10.1. The lowest BCUT2D eigenvalue weighted by molar-refractivity contribution is -0.131. The summed E-state index contributed by atoms with van der Waals surface area (Å²) in [7, 11) is 1.32. The molecule has 1 unspecified atom stereocenters. The summed E-state index contributed by atoms with van der Waals surface area (Å²) in [4.78, 5) is 37.9. The Morgan fingerprint density at radius 2 is 1.88 bits per heavy atom. The number of methoxy groups -OCH3 is 1. The molecule has 2 heterocycles. The highest BCUT2D eigenvalue weighted by Crippen LogP contribution is 2.26. The highest BCUT2D eigenvalue weighted by atomic mass is 16.5. The van der Waals surface area contributed by atoms with Crippen LogP contribution in [0.4, 0.5) is 5.69 Å². The smallest absolute Gasteiger partial charge is 0.337 e. The Morgan fingerprint density at radius 3 is 2.52 bits per heavy atom. The topological polar surface area (TPSA) is 84.9 Å². The van der Waals surface area contributed by atoms with Gasteiger partial charge in [0, 0.05) is 37.9 Å². The number of ether oxygens (including phenoxy) is 2. The molecule has 1 aromatic rings. The highest BCUT2D eigenvalue weighted by Gasteiger charge is 2.38. The first-order valence-electron chi connectivity index (χ1n) is 8.45. The molecular weight excluding hydrogens is 324 g/mol. The number of carbonyl (C=O) groups excluding carboxylic acids is 3. The number of rotatable bonds is 4. The van der Waals surface area contributed by atoms with E-state index in [1.54, 1.807) is 24.3 Å². The summed E-state index contributed by atoms with van der Waals surface area (Å²) in [6.45, 7) is 1.78. The summed E-state index contributed by atoms with van der Waals surface area (Å²) >= 11 is 0. The number of likely N-dealkylation sites (tertiary alicyclic amines) is 1. The van der Waals surface area contributed by atoms with Gasteiger partial charge in [-0.05, 0) is 37.1 Å². The molecule has 3 rings (SSSR count). The number of amides is 2. The van der Waals surface area contributed by atoms with Gasteiger partial charge in [0.2, 0.25) is 11.8 Å². The van der Waals surface area contributed by atoms with E-state index < -0.39 is 5.97 Å². The molecule has 0 saturated carbocycles. The predicted octanol–water partition coefficient (Wildman–Crippen LogP) is 1.44. The highest BCUT2D eigenvalue weighted by molar-refractivity contribution is 5.97. The van der Waals surface area contributed by atoms with Crippen molar-refractivity contribution < 1.29 is 23.9 Å². The van der Waals surface area contributed by atoms with Gasteiger partial charge in [-0.15, -0.1) is 0 Å². The van der Waals surface area contributed by atoms with Gasteiger partial charge in [0.25, 0.3) is 0 Å². The van der Waals surface area contributed by atoms with Crippen LogP contribution in [0.5, 0.6) is 0 Å². The van der Waals surface area contributed by atoms with Gasteiger partial charge in [-0.1, -0.05) is 0 Å². The number of nitrogens with zero attached hydrogens (tertiary/aromatic N) is 1. The van der Waals surface area contributed by atoms with E-state index in [9.17, 15) is 14.4 Å². The maximum Gasteiger partial charge on any atom is 0.337 e. The van der Waals surface area contributed by atoms with Crippen LogP contribution in [0.1, 0.15) is 29.6 Å². The Bertz CT molecular complexity index is 652. The van der Waals surface area contributed by atoms with E-state index in [0.717, 1.165) is 12.8 Å². The van der Waals surface area contributed by atoms with Crippen LogP contribution in [0.2, 0.25) is 0 Å². The zero-order valence-electron chi connectivity index (χ0n) is 14.2. The minimum Gasteiger partial charge on any atom is -0.465 e. The van der Waals surface area contributed by atoms with Gasteiger partial charge in [-0.25, -0.2) is 4.79 Å². The second-order valence-corrected chi connectivity index (χ2v) is 6.35. The van der Waals surface area contributed by atoms with Crippen molar-refractivity contribution in [1.82, 2.24) is 4.90 Å². The summed E-state index contributed by atoms with van der Waals surface area (Å²) in [5.41, 5.74) is 1.01. The van der Waals surface area contributed by atoms with E-state index in [-0.39, 0.29) is 30.2 Å². The van der Waals surface area contributed by atoms with Crippen LogP contribution in [0.3, 0.4) is 0 Å². The molecule has 2 fully saturated rings. The number of hydrogen-bond acceptors (Lipinski definition) is 5. The number of hydrogen-bond donors (Lipinski definition) is 1. The van der Waals surface area contributed by atoms with Crippen molar-refractivity contribution in [1.29, 1.82) is 0 Å². The zero-order chi connectivity index (χ0) is 17.8. The molecule has 7 heteroatoms. The van der Waals surface area contributed by atoms with Crippen LogP contribution in [-0.2, 0) is 19.1 Å². The van der Waals surface area contributed by atoms with Crippen LogP contribution in [0, 0.1) is 5.92 Å². The Morgan fingerprint density at radius 1 is 1.20 bits per heavy atom. The zero-order valence-corrected chi connectivity index (χ0v) is 14.2.